The lowest BCUT2D eigenvalue weighted by molar-refractivity contribution is -0.138. The van der Waals surface area contributed by atoms with Crippen molar-refractivity contribution < 1.29 is 9.59 Å². The van der Waals surface area contributed by atoms with E-state index in [2.05, 4.69) is 11.4 Å². The minimum absolute atomic E-state index is 0.0346. The molecule has 31 heavy (non-hydrogen) atoms. The smallest absolute Gasteiger partial charge is 0.242 e. The first-order valence-corrected chi connectivity index (χ1v) is 12.4. The number of amides is 2. The minimum Gasteiger partial charge on any atom is -0.352 e. The normalized spacial score (nSPS) is 14.9. The van der Waals surface area contributed by atoms with E-state index in [-0.39, 0.29) is 17.9 Å². The number of thioether (sulfide) groups is 1. The Kier molecular flexibility index (Phi) is 8.85. The Morgan fingerprint density at radius 3 is 2.61 bits per heavy atom. The Labute approximate surface area is 194 Å². The molecule has 3 rings (SSSR count). The first-order chi connectivity index (χ1) is 14.9. The molecular formula is C25H31ClN2O2S. The molecule has 1 fully saturated rings. The molecule has 1 aliphatic carbocycles. The van der Waals surface area contributed by atoms with E-state index in [0.29, 0.717) is 23.1 Å². The SMILES string of the molecule is Cc1cccc(CN(C(=O)CSCc2ccccc2Cl)[C@@H](C)C(=O)NC2CCCC2)c1. The van der Waals surface area contributed by atoms with Crippen LogP contribution in [0.4, 0.5) is 0 Å². The van der Waals surface area contributed by atoms with Gasteiger partial charge in [0.05, 0.1) is 5.75 Å². The van der Waals surface area contributed by atoms with Crippen molar-refractivity contribution in [1.29, 1.82) is 0 Å². The fourth-order valence-corrected chi connectivity index (χ4v) is 5.12. The van der Waals surface area contributed by atoms with Crippen molar-refractivity contribution in [3.05, 3.63) is 70.2 Å². The summed E-state index contributed by atoms with van der Waals surface area (Å²) in [5, 5.41) is 3.85. The van der Waals surface area contributed by atoms with E-state index in [1.807, 2.05) is 56.3 Å². The van der Waals surface area contributed by atoms with Crippen LogP contribution in [0.3, 0.4) is 0 Å². The monoisotopic (exact) mass is 458 g/mol. The molecule has 1 saturated carbocycles. The molecule has 2 aromatic carbocycles. The average Bonchev–Trinajstić information content (AvgIpc) is 3.26. The van der Waals surface area contributed by atoms with Gasteiger partial charge >= 0.3 is 0 Å². The third-order valence-corrected chi connectivity index (χ3v) is 7.08. The van der Waals surface area contributed by atoms with Crippen molar-refractivity contribution in [2.45, 2.75) is 63.9 Å². The largest absolute Gasteiger partial charge is 0.352 e. The Hall–Kier alpha value is -1.98. The van der Waals surface area contributed by atoms with Crippen molar-refractivity contribution in [3.63, 3.8) is 0 Å². The highest BCUT2D eigenvalue weighted by Crippen LogP contribution is 2.22. The van der Waals surface area contributed by atoms with E-state index in [1.165, 1.54) is 11.8 Å². The number of hydrogen-bond donors (Lipinski definition) is 1. The van der Waals surface area contributed by atoms with Gasteiger partial charge in [-0.15, -0.1) is 11.8 Å². The van der Waals surface area contributed by atoms with E-state index in [4.69, 9.17) is 11.6 Å². The number of nitrogens with zero attached hydrogens (tertiary/aromatic N) is 1. The number of rotatable bonds is 9. The van der Waals surface area contributed by atoms with Gasteiger partial charge in [-0.3, -0.25) is 9.59 Å². The lowest BCUT2D eigenvalue weighted by Gasteiger charge is -2.30. The van der Waals surface area contributed by atoms with Crippen LogP contribution in [0.15, 0.2) is 48.5 Å². The topological polar surface area (TPSA) is 49.4 Å². The summed E-state index contributed by atoms with van der Waals surface area (Å²) in [5.41, 5.74) is 3.19. The van der Waals surface area contributed by atoms with Gasteiger partial charge in [0.25, 0.3) is 0 Å². The quantitative estimate of drug-likeness (QED) is 0.550. The second-order valence-corrected chi connectivity index (χ2v) is 9.65. The van der Waals surface area contributed by atoms with Crippen LogP contribution >= 0.6 is 23.4 Å². The summed E-state index contributed by atoms with van der Waals surface area (Å²) < 4.78 is 0. The highest BCUT2D eigenvalue weighted by molar-refractivity contribution is 7.99. The Morgan fingerprint density at radius 2 is 1.90 bits per heavy atom. The molecule has 0 bridgehead atoms. The van der Waals surface area contributed by atoms with Crippen LogP contribution in [0, 0.1) is 6.92 Å². The van der Waals surface area contributed by atoms with Gasteiger partial charge in [-0.05, 0) is 43.9 Å². The molecule has 0 aliphatic heterocycles. The summed E-state index contributed by atoms with van der Waals surface area (Å²) in [5.74, 6) is 0.862. The molecule has 2 amide bonds. The zero-order valence-corrected chi connectivity index (χ0v) is 19.8. The summed E-state index contributed by atoms with van der Waals surface area (Å²) >= 11 is 7.76. The number of carbonyl (C=O) groups is 2. The second kappa shape index (κ2) is 11.6. The fraction of sp³-hybridized carbons (Fsp3) is 0.440. The highest BCUT2D eigenvalue weighted by atomic mass is 35.5. The predicted octanol–water partition coefficient (Wildman–Crippen LogP) is 5.36. The van der Waals surface area contributed by atoms with Crippen LogP contribution in [0.2, 0.25) is 5.02 Å². The van der Waals surface area contributed by atoms with Gasteiger partial charge in [0.1, 0.15) is 6.04 Å². The lowest BCUT2D eigenvalue weighted by Crippen LogP contribution is -2.50. The van der Waals surface area contributed by atoms with Gasteiger partial charge in [-0.25, -0.2) is 0 Å². The number of benzene rings is 2. The van der Waals surface area contributed by atoms with E-state index in [1.54, 1.807) is 4.90 Å². The summed E-state index contributed by atoms with van der Waals surface area (Å²) in [6.07, 6.45) is 4.36. The lowest BCUT2D eigenvalue weighted by atomic mass is 10.1. The third kappa shape index (κ3) is 7.01. The molecular weight excluding hydrogens is 428 g/mol. The highest BCUT2D eigenvalue weighted by Gasteiger charge is 2.28. The number of aryl methyl sites for hydroxylation is 1. The molecule has 0 radical (unpaired) electrons. The Bertz CT molecular complexity index is 899. The summed E-state index contributed by atoms with van der Waals surface area (Å²) in [6, 6.07) is 15.5. The third-order valence-electron chi connectivity index (χ3n) is 5.75. The molecule has 0 unspecified atom stereocenters. The maximum atomic E-state index is 13.2. The van der Waals surface area contributed by atoms with Crippen molar-refractivity contribution in [1.82, 2.24) is 10.2 Å². The van der Waals surface area contributed by atoms with Crippen LogP contribution in [0.1, 0.15) is 49.3 Å². The molecule has 1 atom stereocenters. The van der Waals surface area contributed by atoms with Crippen molar-refractivity contribution in [3.8, 4) is 0 Å². The Morgan fingerprint density at radius 1 is 1.16 bits per heavy atom. The van der Waals surface area contributed by atoms with Gasteiger partial charge in [0.15, 0.2) is 0 Å². The maximum Gasteiger partial charge on any atom is 0.242 e. The molecule has 0 aromatic heterocycles. The van der Waals surface area contributed by atoms with Crippen LogP contribution in [-0.2, 0) is 21.9 Å². The fourth-order valence-electron chi connectivity index (χ4n) is 3.93. The van der Waals surface area contributed by atoms with Crippen LogP contribution < -0.4 is 5.32 Å². The number of hydrogen-bond acceptors (Lipinski definition) is 3. The van der Waals surface area contributed by atoms with Gasteiger partial charge in [0, 0.05) is 23.4 Å². The van der Waals surface area contributed by atoms with Crippen molar-refractivity contribution in [2.24, 2.45) is 0 Å². The summed E-state index contributed by atoms with van der Waals surface area (Å²) in [6.45, 7) is 4.29. The van der Waals surface area contributed by atoms with Crippen LogP contribution in [0.5, 0.6) is 0 Å². The zero-order valence-electron chi connectivity index (χ0n) is 18.3. The van der Waals surface area contributed by atoms with Gasteiger partial charge in [0.2, 0.25) is 11.8 Å². The van der Waals surface area contributed by atoms with Crippen LogP contribution in [-0.4, -0.2) is 34.6 Å². The second-order valence-electron chi connectivity index (χ2n) is 8.26. The first-order valence-electron chi connectivity index (χ1n) is 10.9. The van der Waals surface area contributed by atoms with Gasteiger partial charge in [-0.2, -0.15) is 0 Å². The number of carbonyl (C=O) groups excluding carboxylic acids is 2. The number of halogens is 1. The Balaban J connectivity index is 1.66. The van der Waals surface area contributed by atoms with Crippen molar-refractivity contribution >= 4 is 35.2 Å². The maximum absolute atomic E-state index is 13.2. The molecule has 4 nitrogen and oxygen atoms in total. The molecule has 0 saturated heterocycles. The number of nitrogens with one attached hydrogen (secondary N) is 1. The van der Waals surface area contributed by atoms with Gasteiger partial charge in [-0.1, -0.05) is 72.5 Å². The minimum atomic E-state index is -0.519. The molecule has 1 aliphatic rings. The average molecular weight is 459 g/mol. The van der Waals surface area contributed by atoms with E-state index in [9.17, 15) is 9.59 Å². The molecule has 2 aromatic rings. The van der Waals surface area contributed by atoms with Crippen molar-refractivity contribution in [2.75, 3.05) is 5.75 Å². The van der Waals surface area contributed by atoms with E-state index in [0.717, 1.165) is 42.4 Å². The molecule has 1 N–H and O–H groups in total. The van der Waals surface area contributed by atoms with E-state index >= 15 is 0 Å². The molecule has 0 spiro atoms. The van der Waals surface area contributed by atoms with Gasteiger partial charge < -0.3 is 10.2 Å². The standard InChI is InChI=1S/C25H31ClN2O2S/c1-18-8-7-9-20(14-18)15-28(19(2)25(30)27-22-11-4-5-12-22)24(29)17-31-16-21-10-3-6-13-23(21)26/h3,6-10,13-14,19,22H,4-5,11-12,15-17H2,1-2H3,(H,27,30)/t19-/m0/s1. The van der Waals surface area contributed by atoms with E-state index < -0.39 is 6.04 Å². The van der Waals surface area contributed by atoms with Crippen LogP contribution in [0.25, 0.3) is 0 Å². The molecule has 166 valence electrons. The summed E-state index contributed by atoms with van der Waals surface area (Å²) in [7, 11) is 0. The predicted molar refractivity (Wildman–Crippen MR) is 129 cm³/mol. The summed E-state index contributed by atoms with van der Waals surface area (Å²) in [4.78, 5) is 27.8. The zero-order chi connectivity index (χ0) is 22.2. The molecule has 6 heteroatoms. The first kappa shape index (κ1) is 23.7. The molecule has 0 heterocycles.